The molecule has 0 spiro atoms. The fraction of sp³-hybridized carbons (Fsp3) is 0.923. The van der Waals surface area contributed by atoms with Gasteiger partial charge in [0.1, 0.15) is 5.84 Å². The lowest BCUT2D eigenvalue weighted by Gasteiger charge is -2.31. The molecule has 1 saturated carbocycles. The van der Waals surface area contributed by atoms with Gasteiger partial charge in [-0.2, -0.15) is 0 Å². The van der Waals surface area contributed by atoms with Crippen LogP contribution in [0.25, 0.3) is 0 Å². The van der Waals surface area contributed by atoms with Crippen LogP contribution in [0.1, 0.15) is 58.8 Å². The Morgan fingerprint density at radius 1 is 1.35 bits per heavy atom. The summed E-state index contributed by atoms with van der Waals surface area (Å²) >= 11 is 0. The molecule has 0 aliphatic heterocycles. The highest BCUT2D eigenvalue weighted by atomic mass is 16.4. The van der Waals surface area contributed by atoms with E-state index in [1.54, 1.807) is 0 Å². The fourth-order valence-corrected chi connectivity index (χ4v) is 2.69. The van der Waals surface area contributed by atoms with Crippen LogP contribution in [0, 0.1) is 5.92 Å². The molecule has 0 aromatic rings. The summed E-state index contributed by atoms with van der Waals surface area (Å²) in [7, 11) is 0. The van der Waals surface area contributed by atoms with Crippen LogP contribution in [0.4, 0.5) is 0 Å². The minimum atomic E-state index is 0.326. The van der Waals surface area contributed by atoms with Gasteiger partial charge in [-0.25, -0.2) is 0 Å². The first-order valence-electron chi connectivity index (χ1n) is 6.92. The van der Waals surface area contributed by atoms with E-state index in [1.165, 1.54) is 32.1 Å². The Morgan fingerprint density at radius 2 is 2.00 bits per heavy atom. The van der Waals surface area contributed by atoms with Crippen molar-refractivity contribution in [1.82, 2.24) is 5.32 Å². The van der Waals surface area contributed by atoms with Gasteiger partial charge in [-0.15, -0.1) is 0 Å². The third kappa shape index (κ3) is 4.94. The largest absolute Gasteiger partial charge is 0.409 e. The number of hydrogen-bond acceptors (Lipinski definition) is 3. The molecular formula is C13H27N3O. The highest BCUT2D eigenvalue weighted by Crippen LogP contribution is 2.26. The third-order valence-corrected chi connectivity index (χ3v) is 3.97. The molecular weight excluding hydrogens is 214 g/mol. The van der Waals surface area contributed by atoms with E-state index >= 15 is 0 Å². The van der Waals surface area contributed by atoms with E-state index in [1.807, 2.05) is 0 Å². The summed E-state index contributed by atoms with van der Waals surface area (Å²) < 4.78 is 0. The van der Waals surface area contributed by atoms with Gasteiger partial charge in [0, 0.05) is 18.5 Å². The van der Waals surface area contributed by atoms with Crippen molar-refractivity contribution in [1.29, 1.82) is 0 Å². The van der Waals surface area contributed by atoms with Crippen LogP contribution < -0.4 is 11.1 Å². The zero-order valence-electron chi connectivity index (χ0n) is 11.2. The zero-order chi connectivity index (χ0) is 12.7. The Kier molecular flexibility index (Phi) is 6.34. The van der Waals surface area contributed by atoms with Gasteiger partial charge in [-0.1, -0.05) is 25.4 Å². The maximum absolute atomic E-state index is 8.59. The van der Waals surface area contributed by atoms with Crippen molar-refractivity contribution in [2.75, 3.05) is 0 Å². The van der Waals surface area contributed by atoms with Crippen LogP contribution in [0.2, 0.25) is 0 Å². The number of oxime groups is 1. The molecule has 0 bridgehead atoms. The molecule has 0 aromatic heterocycles. The zero-order valence-corrected chi connectivity index (χ0v) is 11.2. The van der Waals surface area contributed by atoms with Crippen molar-refractivity contribution >= 4 is 5.84 Å². The first-order valence-corrected chi connectivity index (χ1v) is 6.92. The second kappa shape index (κ2) is 7.54. The minimum absolute atomic E-state index is 0.326. The molecule has 0 radical (unpaired) electrons. The van der Waals surface area contributed by atoms with Crippen molar-refractivity contribution in [2.45, 2.75) is 70.9 Å². The van der Waals surface area contributed by atoms with Crippen LogP contribution in [0.3, 0.4) is 0 Å². The number of nitrogens with two attached hydrogens (primary N) is 1. The number of nitrogens with one attached hydrogen (secondary N) is 1. The lowest BCUT2D eigenvalue weighted by Crippen LogP contribution is -2.42. The van der Waals surface area contributed by atoms with E-state index in [2.05, 4.69) is 24.3 Å². The van der Waals surface area contributed by atoms with Crippen molar-refractivity contribution < 1.29 is 5.21 Å². The molecule has 1 aliphatic carbocycles. The summed E-state index contributed by atoms with van der Waals surface area (Å²) in [6, 6.07) is 0.961. The molecule has 1 unspecified atom stereocenters. The van der Waals surface area contributed by atoms with Crippen LogP contribution >= 0.6 is 0 Å². The smallest absolute Gasteiger partial charge is 0.140 e. The molecule has 1 aliphatic rings. The van der Waals surface area contributed by atoms with Gasteiger partial charge in [0.25, 0.3) is 0 Å². The molecule has 0 saturated heterocycles. The highest BCUT2D eigenvalue weighted by Gasteiger charge is 2.22. The maximum atomic E-state index is 8.59. The van der Waals surface area contributed by atoms with E-state index in [-0.39, 0.29) is 0 Å². The number of nitrogens with zero attached hydrogens (tertiary/aromatic N) is 1. The Bertz CT molecular complexity index is 235. The van der Waals surface area contributed by atoms with E-state index in [0.717, 1.165) is 12.3 Å². The number of rotatable bonds is 6. The summed E-state index contributed by atoms with van der Waals surface area (Å²) in [4.78, 5) is 0. The SMILES string of the molecule is CCC1CCC(NC(CC)CC(N)=NO)CC1. The van der Waals surface area contributed by atoms with E-state index < -0.39 is 0 Å². The molecule has 0 aromatic carbocycles. The van der Waals surface area contributed by atoms with Gasteiger partial charge in [-0.05, 0) is 38.0 Å². The molecule has 4 N–H and O–H groups in total. The summed E-state index contributed by atoms with van der Waals surface area (Å²) in [6.45, 7) is 4.42. The van der Waals surface area contributed by atoms with Crippen LogP contribution in [0.5, 0.6) is 0 Å². The second-order valence-corrected chi connectivity index (χ2v) is 5.19. The molecule has 1 rings (SSSR count). The van der Waals surface area contributed by atoms with Crippen molar-refractivity contribution in [3.05, 3.63) is 0 Å². The molecule has 17 heavy (non-hydrogen) atoms. The van der Waals surface area contributed by atoms with Gasteiger partial charge in [0.2, 0.25) is 0 Å². The molecule has 0 heterocycles. The van der Waals surface area contributed by atoms with Crippen LogP contribution in [-0.4, -0.2) is 23.1 Å². The Labute approximate surface area is 105 Å². The monoisotopic (exact) mass is 241 g/mol. The predicted octanol–water partition coefficient (Wildman–Crippen LogP) is 2.46. The van der Waals surface area contributed by atoms with Crippen molar-refractivity contribution in [3.63, 3.8) is 0 Å². The van der Waals surface area contributed by atoms with E-state index in [9.17, 15) is 0 Å². The first-order chi connectivity index (χ1) is 8.19. The molecule has 4 heteroatoms. The average molecular weight is 241 g/mol. The molecule has 0 amide bonds. The Morgan fingerprint density at radius 3 is 2.47 bits per heavy atom. The normalized spacial score (nSPS) is 28.0. The Hall–Kier alpha value is -0.770. The predicted molar refractivity (Wildman–Crippen MR) is 71.3 cm³/mol. The van der Waals surface area contributed by atoms with Crippen molar-refractivity contribution in [3.8, 4) is 0 Å². The number of hydrogen-bond donors (Lipinski definition) is 3. The minimum Gasteiger partial charge on any atom is -0.409 e. The topological polar surface area (TPSA) is 70.6 Å². The summed E-state index contributed by atoms with van der Waals surface area (Å²) in [5.74, 6) is 1.25. The molecule has 4 nitrogen and oxygen atoms in total. The maximum Gasteiger partial charge on any atom is 0.140 e. The summed E-state index contributed by atoms with van der Waals surface area (Å²) in [5.41, 5.74) is 5.56. The quantitative estimate of drug-likeness (QED) is 0.289. The fourth-order valence-electron chi connectivity index (χ4n) is 2.69. The summed E-state index contributed by atoms with van der Waals surface area (Å²) in [6.07, 6.45) is 8.19. The lowest BCUT2D eigenvalue weighted by molar-refractivity contribution is 0.266. The van der Waals surface area contributed by atoms with Gasteiger partial charge in [0.05, 0.1) is 0 Å². The van der Waals surface area contributed by atoms with E-state index in [4.69, 9.17) is 10.9 Å². The van der Waals surface area contributed by atoms with Crippen LogP contribution in [0.15, 0.2) is 5.16 Å². The highest BCUT2D eigenvalue weighted by molar-refractivity contribution is 5.80. The average Bonchev–Trinajstić information content (AvgIpc) is 2.38. The van der Waals surface area contributed by atoms with Crippen LogP contribution in [-0.2, 0) is 0 Å². The third-order valence-electron chi connectivity index (χ3n) is 3.97. The summed E-state index contributed by atoms with van der Waals surface area (Å²) in [5, 5.41) is 15.3. The molecule has 1 fully saturated rings. The van der Waals surface area contributed by atoms with Gasteiger partial charge < -0.3 is 16.3 Å². The van der Waals surface area contributed by atoms with Gasteiger partial charge in [0.15, 0.2) is 0 Å². The second-order valence-electron chi connectivity index (χ2n) is 5.19. The Balaban J connectivity index is 2.32. The molecule has 100 valence electrons. The van der Waals surface area contributed by atoms with Gasteiger partial charge in [-0.3, -0.25) is 0 Å². The number of amidine groups is 1. The first kappa shape index (κ1) is 14.3. The standard InChI is InChI=1S/C13H27N3O/c1-3-10-5-7-12(8-6-10)15-11(4-2)9-13(14)16-17/h10-12,15,17H,3-9H2,1-2H3,(H2,14,16). The van der Waals surface area contributed by atoms with Gasteiger partial charge >= 0.3 is 0 Å². The lowest BCUT2D eigenvalue weighted by atomic mass is 9.84. The molecule has 1 atom stereocenters. The van der Waals surface area contributed by atoms with E-state index in [0.29, 0.717) is 24.3 Å². The van der Waals surface area contributed by atoms with Crippen molar-refractivity contribution in [2.24, 2.45) is 16.8 Å².